The Morgan fingerprint density at radius 2 is 1.78 bits per heavy atom. The molecule has 2 N–H and O–H groups in total. The summed E-state index contributed by atoms with van der Waals surface area (Å²) in [5, 5.41) is 0. The predicted molar refractivity (Wildman–Crippen MR) is 70.3 cm³/mol. The summed E-state index contributed by atoms with van der Waals surface area (Å²) in [7, 11) is 0. The third kappa shape index (κ3) is 2.87. The molecule has 0 saturated heterocycles. The van der Waals surface area contributed by atoms with Crippen molar-refractivity contribution in [3.05, 3.63) is 59.4 Å². The van der Waals surface area contributed by atoms with Crippen LogP contribution in [-0.2, 0) is 0 Å². The van der Waals surface area contributed by atoms with Gasteiger partial charge in [-0.15, -0.1) is 0 Å². The summed E-state index contributed by atoms with van der Waals surface area (Å²) in [6.07, 6.45) is 0. The summed E-state index contributed by atoms with van der Waals surface area (Å²) >= 11 is 0. The van der Waals surface area contributed by atoms with E-state index in [1.54, 1.807) is 24.3 Å². The molecule has 1 atom stereocenters. The van der Waals surface area contributed by atoms with Crippen LogP contribution in [0.25, 0.3) is 0 Å². The zero-order valence-electron chi connectivity index (χ0n) is 10.5. The highest BCUT2D eigenvalue weighted by atomic mass is 19.1. The van der Waals surface area contributed by atoms with Crippen LogP contribution in [0.5, 0.6) is 11.5 Å². The molecule has 0 aliphatic heterocycles. The summed E-state index contributed by atoms with van der Waals surface area (Å²) in [6.45, 7) is 3.81. The van der Waals surface area contributed by atoms with E-state index in [1.807, 2.05) is 26.0 Å². The molecule has 0 spiro atoms. The lowest BCUT2D eigenvalue weighted by atomic mass is 10.1. The number of rotatable bonds is 3. The van der Waals surface area contributed by atoms with Gasteiger partial charge in [0.1, 0.15) is 5.75 Å². The van der Waals surface area contributed by atoms with Crippen LogP contribution < -0.4 is 10.5 Å². The third-order valence-corrected chi connectivity index (χ3v) is 2.72. The summed E-state index contributed by atoms with van der Waals surface area (Å²) in [5.41, 5.74) is 7.74. The Kier molecular flexibility index (Phi) is 3.63. The summed E-state index contributed by atoms with van der Waals surface area (Å²) < 4.78 is 19.0. The number of hydrogen-bond acceptors (Lipinski definition) is 2. The van der Waals surface area contributed by atoms with Gasteiger partial charge in [0.25, 0.3) is 0 Å². The number of hydrogen-bond donors (Lipinski definition) is 1. The van der Waals surface area contributed by atoms with E-state index in [0.29, 0.717) is 5.75 Å². The minimum absolute atomic E-state index is 0.0187. The molecule has 0 bridgehead atoms. The van der Waals surface area contributed by atoms with E-state index in [1.165, 1.54) is 6.07 Å². The normalized spacial score (nSPS) is 12.2. The Labute approximate surface area is 106 Å². The minimum Gasteiger partial charge on any atom is -0.454 e. The van der Waals surface area contributed by atoms with Gasteiger partial charge in [-0.2, -0.15) is 0 Å². The molecule has 0 aromatic heterocycles. The van der Waals surface area contributed by atoms with Crippen molar-refractivity contribution in [2.45, 2.75) is 19.9 Å². The summed E-state index contributed by atoms with van der Waals surface area (Å²) in [4.78, 5) is 0. The van der Waals surface area contributed by atoms with E-state index in [-0.39, 0.29) is 17.6 Å². The second-order valence-corrected chi connectivity index (χ2v) is 4.39. The van der Waals surface area contributed by atoms with Crippen molar-refractivity contribution in [2.75, 3.05) is 0 Å². The molecular weight excluding hydrogens is 229 g/mol. The average Bonchev–Trinajstić information content (AvgIpc) is 2.34. The third-order valence-electron chi connectivity index (χ3n) is 2.72. The van der Waals surface area contributed by atoms with E-state index in [0.717, 1.165) is 11.1 Å². The zero-order valence-corrected chi connectivity index (χ0v) is 10.5. The Hall–Kier alpha value is -1.87. The van der Waals surface area contributed by atoms with Crippen molar-refractivity contribution in [3.63, 3.8) is 0 Å². The van der Waals surface area contributed by atoms with Gasteiger partial charge in [-0.25, -0.2) is 4.39 Å². The lowest BCUT2D eigenvalue weighted by Crippen LogP contribution is -2.04. The van der Waals surface area contributed by atoms with Crippen LogP contribution >= 0.6 is 0 Å². The standard InChI is InChI=1S/C15H16FNO/c1-10-3-8-14(16)15(9-10)18-13-6-4-12(5-7-13)11(2)17/h3-9,11H,17H2,1-2H3/t11-/m1/s1. The largest absolute Gasteiger partial charge is 0.454 e. The van der Waals surface area contributed by atoms with E-state index in [9.17, 15) is 4.39 Å². The molecule has 2 aromatic carbocycles. The first-order valence-corrected chi connectivity index (χ1v) is 5.86. The number of halogens is 1. The maximum Gasteiger partial charge on any atom is 0.165 e. The Balaban J connectivity index is 2.21. The molecule has 0 unspecified atom stereocenters. The molecule has 0 heterocycles. The van der Waals surface area contributed by atoms with Crippen molar-refractivity contribution in [1.29, 1.82) is 0 Å². The van der Waals surface area contributed by atoms with E-state index in [4.69, 9.17) is 10.5 Å². The topological polar surface area (TPSA) is 35.2 Å². The molecule has 2 rings (SSSR count). The highest BCUT2D eigenvalue weighted by Gasteiger charge is 2.05. The van der Waals surface area contributed by atoms with E-state index < -0.39 is 0 Å². The van der Waals surface area contributed by atoms with Gasteiger partial charge in [0, 0.05) is 6.04 Å². The van der Waals surface area contributed by atoms with Crippen molar-refractivity contribution >= 4 is 0 Å². The fourth-order valence-corrected chi connectivity index (χ4v) is 1.66. The van der Waals surface area contributed by atoms with E-state index in [2.05, 4.69) is 0 Å². The zero-order chi connectivity index (χ0) is 13.1. The Bertz CT molecular complexity index is 535. The van der Waals surface area contributed by atoms with Crippen molar-refractivity contribution < 1.29 is 9.13 Å². The quantitative estimate of drug-likeness (QED) is 0.888. The molecule has 0 aliphatic carbocycles. The number of ether oxygens (including phenoxy) is 1. The van der Waals surface area contributed by atoms with Crippen LogP contribution in [0, 0.1) is 12.7 Å². The van der Waals surface area contributed by atoms with Crippen molar-refractivity contribution in [2.24, 2.45) is 5.73 Å². The van der Waals surface area contributed by atoms with Gasteiger partial charge in [0.2, 0.25) is 0 Å². The molecule has 0 radical (unpaired) electrons. The van der Waals surface area contributed by atoms with Gasteiger partial charge in [0.05, 0.1) is 0 Å². The molecule has 0 fully saturated rings. The smallest absolute Gasteiger partial charge is 0.165 e. The fraction of sp³-hybridized carbons (Fsp3) is 0.200. The van der Waals surface area contributed by atoms with Crippen LogP contribution in [0.15, 0.2) is 42.5 Å². The van der Waals surface area contributed by atoms with E-state index >= 15 is 0 Å². The first kappa shape index (κ1) is 12.6. The number of benzene rings is 2. The molecular formula is C15H16FNO. The number of nitrogens with two attached hydrogens (primary N) is 1. The van der Waals surface area contributed by atoms with Gasteiger partial charge < -0.3 is 10.5 Å². The molecule has 18 heavy (non-hydrogen) atoms. The van der Waals surface area contributed by atoms with Crippen molar-refractivity contribution in [1.82, 2.24) is 0 Å². The fourth-order valence-electron chi connectivity index (χ4n) is 1.66. The molecule has 3 heteroatoms. The highest BCUT2D eigenvalue weighted by Crippen LogP contribution is 2.26. The summed E-state index contributed by atoms with van der Waals surface area (Å²) in [5.74, 6) is 0.476. The van der Waals surface area contributed by atoms with Crippen LogP contribution in [-0.4, -0.2) is 0 Å². The van der Waals surface area contributed by atoms with Gasteiger partial charge in [-0.3, -0.25) is 0 Å². The average molecular weight is 245 g/mol. The van der Waals surface area contributed by atoms with Gasteiger partial charge in [-0.1, -0.05) is 18.2 Å². The molecule has 2 aromatic rings. The lowest BCUT2D eigenvalue weighted by Gasteiger charge is -2.09. The minimum atomic E-state index is -0.364. The molecule has 94 valence electrons. The number of aryl methyl sites for hydroxylation is 1. The van der Waals surface area contributed by atoms with Gasteiger partial charge in [0.15, 0.2) is 11.6 Å². The first-order valence-electron chi connectivity index (χ1n) is 5.86. The maximum absolute atomic E-state index is 13.5. The molecule has 0 saturated carbocycles. The van der Waals surface area contributed by atoms with Crippen LogP contribution in [0.2, 0.25) is 0 Å². The Morgan fingerprint density at radius 1 is 1.11 bits per heavy atom. The second-order valence-electron chi connectivity index (χ2n) is 4.39. The van der Waals surface area contributed by atoms with Crippen LogP contribution in [0.4, 0.5) is 4.39 Å². The second kappa shape index (κ2) is 5.19. The predicted octanol–water partition coefficient (Wildman–Crippen LogP) is 3.95. The van der Waals surface area contributed by atoms with Gasteiger partial charge in [-0.05, 0) is 49.2 Å². The molecule has 0 aliphatic rings. The van der Waals surface area contributed by atoms with Gasteiger partial charge >= 0.3 is 0 Å². The molecule has 0 amide bonds. The highest BCUT2D eigenvalue weighted by molar-refractivity contribution is 5.36. The van der Waals surface area contributed by atoms with Crippen LogP contribution in [0.1, 0.15) is 24.1 Å². The van der Waals surface area contributed by atoms with Crippen molar-refractivity contribution in [3.8, 4) is 11.5 Å². The van der Waals surface area contributed by atoms with Crippen LogP contribution in [0.3, 0.4) is 0 Å². The Morgan fingerprint density at radius 3 is 2.39 bits per heavy atom. The maximum atomic E-state index is 13.5. The lowest BCUT2D eigenvalue weighted by molar-refractivity contribution is 0.441. The molecule has 2 nitrogen and oxygen atoms in total. The summed E-state index contributed by atoms with van der Waals surface area (Å²) in [6, 6.07) is 12.1. The first-order chi connectivity index (χ1) is 8.56. The SMILES string of the molecule is Cc1ccc(F)c(Oc2ccc([C@@H](C)N)cc2)c1. The monoisotopic (exact) mass is 245 g/mol.